The molecule has 1 aliphatic rings. The molecule has 36 heavy (non-hydrogen) atoms. The Labute approximate surface area is 207 Å². The Kier molecular flexibility index (Phi) is 7.61. The topological polar surface area (TPSA) is 74.7 Å². The second-order valence-corrected chi connectivity index (χ2v) is 9.09. The molecule has 0 bridgehead atoms. The van der Waals surface area contributed by atoms with E-state index in [9.17, 15) is 18.0 Å². The molecule has 1 unspecified atom stereocenters. The van der Waals surface area contributed by atoms with Gasteiger partial charge in [0.05, 0.1) is 24.1 Å². The highest BCUT2D eigenvalue weighted by molar-refractivity contribution is 5.96. The van der Waals surface area contributed by atoms with Crippen LogP contribution in [0, 0.1) is 6.92 Å². The Morgan fingerprint density at radius 1 is 1.17 bits per heavy atom. The summed E-state index contributed by atoms with van der Waals surface area (Å²) in [5.41, 5.74) is 3.16. The van der Waals surface area contributed by atoms with Crippen LogP contribution in [0.25, 0.3) is 11.3 Å². The van der Waals surface area contributed by atoms with E-state index >= 15 is 0 Å². The molecule has 2 aromatic carbocycles. The molecule has 2 N–H and O–H groups in total. The van der Waals surface area contributed by atoms with Crippen molar-refractivity contribution in [1.29, 1.82) is 0 Å². The van der Waals surface area contributed by atoms with Gasteiger partial charge >= 0.3 is 6.18 Å². The molecule has 1 fully saturated rings. The molecule has 0 saturated carbocycles. The van der Waals surface area contributed by atoms with Gasteiger partial charge in [0.1, 0.15) is 11.9 Å². The van der Waals surface area contributed by atoms with Gasteiger partial charge < -0.3 is 15.2 Å². The molecular weight excluding hydrogens is 471 g/mol. The summed E-state index contributed by atoms with van der Waals surface area (Å²) in [6.07, 6.45) is -2.67. The summed E-state index contributed by atoms with van der Waals surface area (Å²) in [6, 6.07) is 14.1. The van der Waals surface area contributed by atoms with Gasteiger partial charge in [-0.25, -0.2) is 0 Å². The van der Waals surface area contributed by atoms with Crippen LogP contribution in [0.5, 0.6) is 5.75 Å². The number of pyridine rings is 1. The molecule has 1 amide bonds. The second kappa shape index (κ2) is 10.7. The first-order chi connectivity index (χ1) is 17.1. The Balaban J connectivity index is 1.28. The fraction of sp³-hybridized carbons (Fsp3) is 0.333. The van der Waals surface area contributed by atoms with E-state index in [0.29, 0.717) is 30.9 Å². The van der Waals surface area contributed by atoms with Gasteiger partial charge in [-0.05, 0) is 61.4 Å². The molecule has 1 aliphatic heterocycles. The molecule has 4 rings (SSSR count). The number of hydrogen-bond donors (Lipinski definition) is 2. The molecule has 1 saturated heterocycles. The number of aryl methyl sites for hydroxylation is 1. The van der Waals surface area contributed by atoms with E-state index < -0.39 is 11.7 Å². The van der Waals surface area contributed by atoms with Crippen LogP contribution in [0.1, 0.15) is 34.0 Å². The lowest BCUT2D eigenvalue weighted by atomic mass is 10.0. The minimum Gasteiger partial charge on any atom is -0.486 e. The zero-order valence-electron chi connectivity index (χ0n) is 20.0. The Bertz CT molecular complexity index is 1190. The predicted molar refractivity (Wildman–Crippen MR) is 130 cm³/mol. The van der Waals surface area contributed by atoms with E-state index in [1.807, 2.05) is 31.2 Å². The maximum Gasteiger partial charge on any atom is 0.416 e. The molecule has 3 aromatic rings. The van der Waals surface area contributed by atoms with Crippen LogP contribution < -0.4 is 10.1 Å². The highest BCUT2D eigenvalue weighted by Gasteiger charge is 2.31. The van der Waals surface area contributed by atoms with Crippen LogP contribution in [0.2, 0.25) is 0 Å². The van der Waals surface area contributed by atoms with Crippen molar-refractivity contribution in [3.63, 3.8) is 0 Å². The number of nitrogens with one attached hydrogen (secondary N) is 1. The van der Waals surface area contributed by atoms with Gasteiger partial charge in [-0.1, -0.05) is 18.2 Å². The van der Waals surface area contributed by atoms with Crippen LogP contribution in [0.15, 0.2) is 60.8 Å². The summed E-state index contributed by atoms with van der Waals surface area (Å²) in [5.74, 6) is 0.411. The number of amides is 1. The van der Waals surface area contributed by atoms with E-state index in [4.69, 9.17) is 9.84 Å². The molecule has 1 aromatic heterocycles. The maximum atomic E-state index is 12.7. The van der Waals surface area contributed by atoms with E-state index in [2.05, 4.69) is 15.2 Å². The van der Waals surface area contributed by atoms with Crippen molar-refractivity contribution < 1.29 is 27.8 Å². The molecule has 2 heterocycles. The van der Waals surface area contributed by atoms with Crippen molar-refractivity contribution in [3.8, 4) is 17.0 Å². The number of likely N-dealkylation sites (tertiary alicyclic amines) is 1. The third kappa shape index (κ3) is 6.22. The maximum absolute atomic E-state index is 12.7. The predicted octanol–water partition coefficient (Wildman–Crippen LogP) is 4.45. The number of aromatic nitrogens is 1. The summed E-state index contributed by atoms with van der Waals surface area (Å²) >= 11 is 0. The van der Waals surface area contributed by atoms with Crippen LogP contribution in [-0.4, -0.2) is 52.7 Å². The number of carbonyl (C=O) groups excluding carboxylic acids is 1. The highest BCUT2D eigenvalue weighted by atomic mass is 19.4. The van der Waals surface area contributed by atoms with Crippen LogP contribution in [-0.2, 0) is 12.7 Å². The number of aliphatic hydroxyl groups is 1. The molecule has 1 atom stereocenters. The van der Waals surface area contributed by atoms with Crippen LogP contribution in [0.4, 0.5) is 13.2 Å². The number of hydrogen-bond acceptors (Lipinski definition) is 5. The summed E-state index contributed by atoms with van der Waals surface area (Å²) in [6.45, 7) is 5.39. The normalized spacial score (nSPS) is 15.3. The monoisotopic (exact) mass is 499 g/mol. The average Bonchev–Trinajstić information content (AvgIpc) is 2.82. The molecule has 0 aliphatic carbocycles. The van der Waals surface area contributed by atoms with E-state index in [1.165, 1.54) is 12.1 Å². The van der Waals surface area contributed by atoms with Gasteiger partial charge in [-0.2, -0.15) is 13.2 Å². The first-order valence-corrected chi connectivity index (χ1v) is 11.7. The fourth-order valence-corrected chi connectivity index (χ4v) is 4.02. The zero-order chi connectivity index (χ0) is 25.9. The number of aliphatic hydroxyl groups excluding tert-OH is 1. The van der Waals surface area contributed by atoms with Crippen molar-refractivity contribution in [3.05, 3.63) is 83.0 Å². The van der Waals surface area contributed by atoms with E-state index in [-0.39, 0.29) is 24.7 Å². The molecule has 9 heteroatoms. The number of rotatable bonds is 8. The van der Waals surface area contributed by atoms with Gasteiger partial charge in [0.15, 0.2) is 0 Å². The van der Waals surface area contributed by atoms with Gasteiger partial charge in [0, 0.05) is 36.8 Å². The number of nitrogens with zero attached hydrogens (tertiary/aromatic N) is 2. The molecule has 6 nitrogen and oxygen atoms in total. The minimum atomic E-state index is -4.32. The Morgan fingerprint density at radius 2 is 1.89 bits per heavy atom. The van der Waals surface area contributed by atoms with Crippen molar-refractivity contribution in [2.45, 2.75) is 38.7 Å². The summed E-state index contributed by atoms with van der Waals surface area (Å²) in [5, 5.41) is 11.9. The van der Waals surface area contributed by atoms with Crippen molar-refractivity contribution >= 4 is 5.91 Å². The van der Waals surface area contributed by atoms with E-state index in [0.717, 1.165) is 34.5 Å². The quantitative estimate of drug-likeness (QED) is 0.479. The minimum absolute atomic E-state index is 0.00606. The fourth-order valence-electron chi connectivity index (χ4n) is 4.02. The zero-order valence-corrected chi connectivity index (χ0v) is 20.0. The number of halogens is 3. The Morgan fingerprint density at radius 3 is 2.47 bits per heavy atom. The smallest absolute Gasteiger partial charge is 0.416 e. The largest absolute Gasteiger partial charge is 0.486 e. The standard InChI is InChI=1S/C27H28F3N3O3/c1-17-11-20(5-9-24(17)26(35)32-18(2)16-34)25-10-8-22(12-31-25)36-23-14-33(15-23)13-19-3-6-21(7-4-19)27(28,29)30/h3-12,18,23,34H,13-16H2,1-2H3,(H,32,35). The van der Waals surface area contributed by atoms with Crippen molar-refractivity contribution in [2.24, 2.45) is 0 Å². The van der Waals surface area contributed by atoms with Gasteiger partial charge in [-0.15, -0.1) is 0 Å². The van der Waals surface area contributed by atoms with Crippen LogP contribution in [0.3, 0.4) is 0 Å². The van der Waals surface area contributed by atoms with Gasteiger partial charge in [0.2, 0.25) is 0 Å². The lowest BCUT2D eigenvalue weighted by Gasteiger charge is -2.39. The summed E-state index contributed by atoms with van der Waals surface area (Å²) in [4.78, 5) is 18.9. The third-order valence-electron chi connectivity index (χ3n) is 6.07. The lowest BCUT2D eigenvalue weighted by Crippen LogP contribution is -2.53. The lowest BCUT2D eigenvalue weighted by molar-refractivity contribution is -0.137. The third-order valence-corrected chi connectivity index (χ3v) is 6.07. The molecule has 190 valence electrons. The van der Waals surface area contributed by atoms with Gasteiger partial charge in [-0.3, -0.25) is 14.7 Å². The van der Waals surface area contributed by atoms with Crippen LogP contribution >= 0.6 is 0 Å². The number of carbonyl (C=O) groups is 1. The number of benzene rings is 2. The SMILES string of the molecule is Cc1cc(-c2ccc(OC3CN(Cc4ccc(C(F)(F)F)cc4)C3)cn2)ccc1C(=O)NC(C)CO. The average molecular weight is 500 g/mol. The van der Waals surface area contributed by atoms with Gasteiger partial charge in [0.25, 0.3) is 5.91 Å². The second-order valence-electron chi connectivity index (χ2n) is 9.09. The first-order valence-electron chi connectivity index (χ1n) is 11.7. The summed E-state index contributed by atoms with van der Waals surface area (Å²) in [7, 11) is 0. The van der Waals surface area contributed by atoms with Crippen molar-refractivity contribution in [1.82, 2.24) is 15.2 Å². The van der Waals surface area contributed by atoms with E-state index in [1.54, 1.807) is 19.2 Å². The molecule has 0 radical (unpaired) electrons. The molecule has 0 spiro atoms. The van der Waals surface area contributed by atoms with Crippen molar-refractivity contribution in [2.75, 3.05) is 19.7 Å². The Hall–Kier alpha value is -3.43. The summed E-state index contributed by atoms with van der Waals surface area (Å²) < 4.78 is 44.1. The number of alkyl halides is 3. The highest BCUT2D eigenvalue weighted by Crippen LogP contribution is 2.30. The molecular formula is C27H28F3N3O3. The number of ether oxygens (including phenoxy) is 1. The first kappa shape index (κ1) is 25.7.